The first-order valence-electron chi connectivity index (χ1n) is 10.8. The second-order valence-electron chi connectivity index (χ2n) is 7.88. The quantitative estimate of drug-likeness (QED) is 0.280. The van der Waals surface area contributed by atoms with Crippen molar-refractivity contribution in [1.29, 1.82) is 0 Å². The van der Waals surface area contributed by atoms with Crippen molar-refractivity contribution in [2.24, 2.45) is 0 Å². The van der Waals surface area contributed by atoms with Gasteiger partial charge in [-0.25, -0.2) is 4.79 Å². The van der Waals surface area contributed by atoms with E-state index in [4.69, 9.17) is 37.1 Å². The molecule has 2 heterocycles. The number of anilines is 2. The van der Waals surface area contributed by atoms with Crippen LogP contribution in [0.3, 0.4) is 0 Å². The Bertz CT molecular complexity index is 1550. The zero-order valence-electron chi connectivity index (χ0n) is 18.5. The molecule has 0 aliphatic carbocycles. The molecule has 1 atom stereocenters. The van der Waals surface area contributed by atoms with Gasteiger partial charge in [-0.3, -0.25) is 4.79 Å². The van der Waals surface area contributed by atoms with Crippen LogP contribution in [0.5, 0.6) is 5.75 Å². The van der Waals surface area contributed by atoms with Gasteiger partial charge in [-0.05, 0) is 42.0 Å². The molecule has 0 saturated heterocycles. The number of benzene rings is 3. The van der Waals surface area contributed by atoms with Gasteiger partial charge in [0.05, 0.1) is 16.1 Å². The number of fused-ring (bicyclic) bond motifs is 1. The predicted molar refractivity (Wildman–Crippen MR) is 137 cm³/mol. The summed E-state index contributed by atoms with van der Waals surface area (Å²) in [6, 6.07) is 18.1. The number of hydrogen-bond acceptors (Lipinski definition) is 6. The highest BCUT2D eigenvalue weighted by Crippen LogP contribution is 2.33. The fraction of sp³-hybridized carbons (Fsp3) is 0.0769. The van der Waals surface area contributed by atoms with Crippen LogP contribution in [-0.4, -0.2) is 17.4 Å². The number of carbonyl (C=O) groups is 1. The van der Waals surface area contributed by atoms with Gasteiger partial charge in [0.25, 0.3) is 0 Å². The van der Waals surface area contributed by atoms with Crippen molar-refractivity contribution in [3.63, 3.8) is 0 Å². The molecule has 1 unspecified atom stereocenters. The average molecular weight is 525 g/mol. The maximum absolute atomic E-state index is 12.9. The van der Waals surface area contributed by atoms with E-state index in [1.807, 2.05) is 30.3 Å². The van der Waals surface area contributed by atoms with Gasteiger partial charge in [0.15, 0.2) is 0 Å². The summed E-state index contributed by atoms with van der Waals surface area (Å²) in [6.07, 6.45) is 1.15. The second kappa shape index (κ2) is 9.85. The molecule has 4 aromatic rings. The molecule has 182 valence electrons. The molecule has 0 bridgehead atoms. The molecule has 3 aromatic carbocycles. The van der Waals surface area contributed by atoms with Crippen molar-refractivity contribution in [3.05, 3.63) is 105 Å². The number of aromatic hydroxyl groups is 1. The smallest absolute Gasteiger partial charge is 0.323 e. The van der Waals surface area contributed by atoms with Gasteiger partial charge in [-0.2, -0.15) is 0 Å². The minimum atomic E-state index is -0.688. The minimum absolute atomic E-state index is 0.0685. The number of amides is 2. The molecule has 0 spiro atoms. The maximum atomic E-state index is 12.9. The third-order valence-corrected chi connectivity index (χ3v) is 5.91. The summed E-state index contributed by atoms with van der Waals surface area (Å²) in [4.78, 5) is 25.3. The Morgan fingerprint density at radius 1 is 1.00 bits per heavy atom. The predicted octanol–water partition coefficient (Wildman–Crippen LogP) is 6.36. The van der Waals surface area contributed by atoms with E-state index in [2.05, 4.69) is 10.6 Å². The van der Waals surface area contributed by atoms with Crippen molar-refractivity contribution in [1.82, 2.24) is 0 Å². The van der Waals surface area contributed by atoms with Crippen LogP contribution in [0.2, 0.25) is 10.0 Å². The molecule has 2 amide bonds. The van der Waals surface area contributed by atoms with Gasteiger partial charge in [-0.1, -0.05) is 53.5 Å². The Balaban J connectivity index is 1.33. The second-order valence-corrected chi connectivity index (χ2v) is 8.72. The third kappa shape index (κ3) is 4.95. The summed E-state index contributed by atoms with van der Waals surface area (Å²) in [5, 5.41) is 16.5. The number of ether oxygens (including phenoxy) is 2. The highest BCUT2D eigenvalue weighted by molar-refractivity contribution is 6.36. The first-order chi connectivity index (χ1) is 17.4. The van der Waals surface area contributed by atoms with Crippen LogP contribution >= 0.6 is 23.2 Å². The van der Waals surface area contributed by atoms with E-state index < -0.39 is 23.5 Å². The largest absolute Gasteiger partial charge is 0.501 e. The summed E-state index contributed by atoms with van der Waals surface area (Å²) in [5.74, 6) is -0.667. The fourth-order valence-electron chi connectivity index (χ4n) is 3.64. The zero-order valence-corrected chi connectivity index (χ0v) is 20.0. The van der Waals surface area contributed by atoms with E-state index in [0.29, 0.717) is 22.8 Å². The molecule has 1 aliphatic heterocycles. The molecule has 1 aliphatic rings. The van der Waals surface area contributed by atoms with Gasteiger partial charge in [-0.15, -0.1) is 0 Å². The standard InChI is InChI=1S/C26H18Cl2N2O6/c27-15-6-8-19(18(28)11-15)30-26(33)29-16-7-9-20-17(12-16)23(31)24(32)25(36-20)21-13-34-22(35-21)10-14-4-2-1-3-5-14/h1-9,11-13,22,32H,10H2,(H2,29,30,33). The van der Waals surface area contributed by atoms with E-state index in [9.17, 15) is 14.7 Å². The lowest BCUT2D eigenvalue weighted by Crippen LogP contribution is -2.19. The summed E-state index contributed by atoms with van der Waals surface area (Å²) >= 11 is 11.9. The summed E-state index contributed by atoms with van der Waals surface area (Å²) in [6.45, 7) is 0. The number of halogens is 2. The first-order valence-corrected chi connectivity index (χ1v) is 11.5. The van der Waals surface area contributed by atoms with Gasteiger partial charge in [0, 0.05) is 17.1 Å². The first kappa shape index (κ1) is 23.6. The summed E-state index contributed by atoms with van der Waals surface area (Å²) in [7, 11) is 0. The normalized spacial score (nSPS) is 14.6. The van der Waals surface area contributed by atoms with Crippen LogP contribution in [0.1, 0.15) is 11.3 Å². The molecule has 0 radical (unpaired) electrons. The topological polar surface area (TPSA) is 110 Å². The Hall–Kier alpha value is -4.14. The zero-order chi connectivity index (χ0) is 25.2. The average Bonchev–Trinajstić information content (AvgIpc) is 3.32. The summed E-state index contributed by atoms with van der Waals surface area (Å²) in [5.41, 5.74) is 1.16. The van der Waals surface area contributed by atoms with Crippen LogP contribution in [0.4, 0.5) is 16.2 Å². The summed E-state index contributed by atoms with van der Waals surface area (Å²) < 4.78 is 17.0. The van der Waals surface area contributed by atoms with E-state index in [-0.39, 0.29) is 27.5 Å². The van der Waals surface area contributed by atoms with Gasteiger partial charge in [0.2, 0.25) is 29.0 Å². The fourth-order valence-corrected chi connectivity index (χ4v) is 4.10. The van der Waals surface area contributed by atoms with Crippen LogP contribution < -0.4 is 16.1 Å². The Morgan fingerprint density at radius 2 is 1.81 bits per heavy atom. The van der Waals surface area contributed by atoms with Crippen LogP contribution in [0, 0.1) is 0 Å². The Morgan fingerprint density at radius 3 is 2.58 bits per heavy atom. The van der Waals surface area contributed by atoms with E-state index in [1.54, 1.807) is 18.2 Å². The van der Waals surface area contributed by atoms with Gasteiger partial charge >= 0.3 is 6.03 Å². The molecule has 10 heteroatoms. The van der Waals surface area contributed by atoms with Gasteiger partial charge < -0.3 is 29.6 Å². The van der Waals surface area contributed by atoms with Crippen molar-refractivity contribution in [2.45, 2.75) is 12.7 Å². The molecule has 3 N–H and O–H groups in total. The maximum Gasteiger partial charge on any atom is 0.323 e. The molecular formula is C26H18Cl2N2O6. The number of nitrogens with one attached hydrogen (secondary N) is 2. The highest BCUT2D eigenvalue weighted by Gasteiger charge is 2.27. The van der Waals surface area contributed by atoms with Crippen LogP contribution in [0.25, 0.3) is 16.7 Å². The molecule has 0 fully saturated rings. The Kier molecular flexibility index (Phi) is 6.45. The van der Waals surface area contributed by atoms with E-state index >= 15 is 0 Å². The lowest BCUT2D eigenvalue weighted by atomic mass is 10.1. The lowest BCUT2D eigenvalue weighted by Gasteiger charge is -2.12. The number of hydrogen-bond donors (Lipinski definition) is 3. The monoisotopic (exact) mass is 524 g/mol. The van der Waals surface area contributed by atoms with Crippen molar-refractivity contribution < 1.29 is 23.8 Å². The van der Waals surface area contributed by atoms with Crippen molar-refractivity contribution in [2.75, 3.05) is 10.6 Å². The van der Waals surface area contributed by atoms with Crippen LogP contribution in [-0.2, 0) is 15.9 Å². The molecule has 1 aromatic heterocycles. The highest BCUT2D eigenvalue weighted by atomic mass is 35.5. The SMILES string of the molecule is O=C(Nc1ccc2oc(C3=COC(Cc4ccccc4)O3)c(O)c(=O)c2c1)Nc1ccc(Cl)cc1Cl. The number of carbonyl (C=O) groups excluding carboxylic acids is 1. The van der Waals surface area contributed by atoms with Gasteiger partial charge in [0.1, 0.15) is 11.8 Å². The Labute approximate surface area is 214 Å². The van der Waals surface area contributed by atoms with E-state index in [1.165, 1.54) is 24.5 Å². The van der Waals surface area contributed by atoms with Crippen molar-refractivity contribution >= 4 is 57.3 Å². The minimum Gasteiger partial charge on any atom is -0.501 e. The van der Waals surface area contributed by atoms with Crippen LogP contribution in [0.15, 0.2) is 82.2 Å². The molecular weight excluding hydrogens is 507 g/mol. The number of rotatable bonds is 5. The molecule has 5 rings (SSSR count). The molecule has 0 saturated carbocycles. The molecule has 36 heavy (non-hydrogen) atoms. The number of urea groups is 1. The molecule has 8 nitrogen and oxygen atoms in total. The van der Waals surface area contributed by atoms with E-state index in [0.717, 1.165) is 5.56 Å². The third-order valence-electron chi connectivity index (χ3n) is 5.36. The lowest BCUT2D eigenvalue weighted by molar-refractivity contribution is -0.0145. The van der Waals surface area contributed by atoms with Crippen molar-refractivity contribution in [3.8, 4) is 5.75 Å².